The van der Waals surface area contributed by atoms with E-state index in [2.05, 4.69) is 24.1 Å². The molecule has 0 bridgehead atoms. The molecule has 4 heteroatoms. The van der Waals surface area contributed by atoms with Crippen LogP contribution >= 0.6 is 0 Å². The highest BCUT2D eigenvalue weighted by Crippen LogP contribution is 2.15. The van der Waals surface area contributed by atoms with Crippen molar-refractivity contribution >= 4 is 5.97 Å². The normalized spacial score (nSPS) is 20.2. The lowest BCUT2D eigenvalue weighted by Crippen LogP contribution is -2.50. The predicted octanol–water partition coefficient (Wildman–Crippen LogP) is 2.20. The number of carbonyl (C=O) groups is 1. The number of hydrogen-bond acceptors (Lipinski definition) is 3. The molecular formula is C16H24N2O2. The van der Waals surface area contributed by atoms with Gasteiger partial charge in [0, 0.05) is 32.2 Å². The molecule has 0 spiro atoms. The van der Waals surface area contributed by atoms with Gasteiger partial charge in [-0.3, -0.25) is 4.90 Å². The number of carboxylic acid groups (broad SMARTS) is 1. The van der Waals surface area contributed by atoms with Crippen molar-refractivity contribution in [3.63, 3.8) is 0 Å². The number of carboxylic acids is 1. The van der Waals surface area contributed by atoms with Crippen LogP contribution in [-0.4, -0.2) is 41.7 Å². The van der Waals surface area contributed by atoms with Crippen LogP contribution in [0.3, 0.4) is 0 Å². The number of benzene rings is 1. The maximum Gasteiger partial charge on any atom is 0.336 e. The third-order valence-electron chi connectivity index (χ3n) is 3.74. The van der Waals surface area contributed by atoms with Crippen LogP contribution in [-0.2, 0) is 6.54 Å². The van der Waals surface area contributed by atoms with E-state index in [1.165, 1.54) is 0 Å². The summed E-state index contributed by atoms with van der Waals surface area (Å²) in [5.41, 5.74) is 1.33. The van der Waals surface area contributed by atoms with Gasteiger partial charge >= 0.3 is 5.97 Å². The van der Waals surface area contributed by atoms with Crippen LogP contribution in [0.15, 0.2) is 24.3 Å². The minimum Gasteiger partial charge on any atom is -0.478 e. The summed E-state index contributed by atoms with van der Waals surface area (Å²) in [7, 11) is 0. The van der Waals surface area contributed by atoms with E-state index in [1.807, 2.05) is 12.1 Å². The van der Waals surface area contributed by atoms with Gasteiger partial charge in [-0.25, -0.2) is 4.79 Å². The highest BCUT2D eigenvalue weighted by Gasteiger charge is 2.21. The standard InChI is InChI=1S/C16H24N2O2/c1-12(2)9-14-11-18(8-7-17-14)10-13-5-3-4-6-15(13)16(19)20/h3-6,12,14,17H,7-11H2,1-2H3,(H,19,20)/t14-/m0/s1. The molecule has 0 saturated carbocycles. The molecule has 4 nitrogen and oxygen atoms in total. The summed E-state index contributed by atoms with van der Waals surface area (Å²) in [5.74, 6) is -0.159. The molecule has 0 radical (unpaired) electrons. The highest BCUT2D eigenvalue weighted by atomic mass is 16.4. The molecule has 2 rings (SSSR count). The van der Waals surface area contributed by atoms with Crippen LogP contribution in [0.4, 0.5) is 0 Å². The molecule has 0 amide bonds. The Labute approximate surface area is 120 Å². The van der Waals surface area contributed by atoms with Crippen LogP contribution in [0.5, 0.6) is 0 Å². The Hall–Kier alpha value is -1.39. The second kappa shape index (κ2) is 6.86. The molecule has 110 valence electrons. The average molecular weight is 276 g/mol. The van der Waals surface area contributed by atoms with Crippen molar-refractivity contribution in [2.75, 3.05) is 19.6 Å². The lowest BCUT2D eigenvalue weighted by Gasteiger charge is -2.34. The van der Waals surface area contributed by atoms with Crippen LogP contribution in [0.2, 0.25) is 0 Å². The maximum atomic E-state index is 11.2. The van der Waals surface area contributed by atoms with Crippen LogP contribution in [0.25, 0.3) is 0 Å². The minimum atomic E-state index is -0.838. The number of hydrogen-bond donors (Lipinski definition) is 2. The fourth-order valence-corrected chi connectivity index (χ4v) is 2.87. The van der Waals surface area contributed by atoms with Gasteiger partial charge < -0.3 is 10.4 Å². The third kappa shape index (κ3) is 4.05. The zero-order valence-electron chi connectivity index (χ0n) is 12.3. The molecule has 1 aromatic carbocycles. The maximum absolute atomic E-state index is 11.2. The van der Waals surface area contributed by atoms with E-state index < -0.39 is 5.97 Å². The van der Waals surface area contributed by atoms with Crippen LogP contribution < -0.4 is 5.32 Å². The smallest absolute Gasteiger partial charge is 0.336 e. The SMILES string of the molecule is CC(C)C[C@H]1CN(Cc2ccccc2C(=O)O)CCN1. The van der Waals surface area contributed by atoms with E-state index in [-0.39, 0.29) is 0 Å². The van der Waals surface area contributed by atoms with Gasteiger partial charge in [0.15, 0.2) is 0 Å². The van der Waals surface area contributed by atoms with Gasteiger partial charge in [-0.15, -0.1) is 0 Å². The summed E-state index contributed by atoms with van der Waals surface area (Å²) < 4.78 is 0. The van der Waals surface area contributed by atoms with E-state index in [4.69, 9.17) is 0 Å². The number of nitrogens with zero attached hydrogens (tertiary/aromatic N) is 1. The van der Waals surface area contributed by atoms with Crippen molar-refractivity contribution in [3.05, 3.63) is 35.4 Å². The summed E-state index contributed by atoms with van der Waals surface area (Å²) in [4.78, 5) is 13.6. The number of aromatic carboxylic acids is 1. The minimum absolute atomic E-state index is 0.423. The molecular weight excluding hydrogens is 252 g/mol. The summed E-state index contributed by atoms with van der Waals surface area (Å²) in [6.07, 6.45) is 1.16. The quantitative estimate of drug-likeness (QED) is 0.865. The van der Waals surface area contributed by atoms with Crippen LogP contribution in [0, 0.1) is 5.92 Å². The first-order valence-corrected chi connectivity index (χ1v) is 7.33. The predicted molar refractivity (Wildman–Crippen MR) is 79.9 cm³/mol. The van der Waals surface area contributed by atoms with Crippen molar-refractivity contribution in [1.29, 1.82) is 0 Å². The van der Waals surface area contributed by atoms with Gasteiger partial charge in [0.1, 0.15) is 0 Å². The van der Waals surface area contributed by atoms with E-state index in [0.29, 0.717) is 17.5 Å². The molecule has 1 aliphatic rings. The van der Waals surface area contributed by atoms with E-state index in [0.717, 1.165) is 38.2 Å². The molecule has 0 aliphatic carbocycles. The largest absolute Gasteiger partial charge is 0.478 e. The molecule has 1 atom stereocenters. The molecule has 1 heterocycles. The van der Waals surface area contributed by atoms with Gasteiger partial charge in [0.2, 0.25) is 0 Å². The Morgan fingerprint density at radius 2 is 2.20 bits per heavy atom. The number of nitrogens with one attached hydrogen (secondary N) is 1. The third-order valence-corrected chi connectivity index (χ3v) is 3.74. The first kappa shape index (κ1) is 15.0. The second-order valence-electron chi connectivity index (χ2n) is 5.98. The van der Waals surface area contributed by atoms with E-state index in [1.54, 1.807) is 12.1 Å². The molecule has 1 fully saturated rings. The number of rotatable bonds is 5. The zero-order chi connectivity index (χ0) is 14.5. The first-order valence-electron chi connectivity index (χ1n) is 7.33. The number of piperazine rings is 1. The van der Waals surface area contributed by atoms with Crippen molar-refractivity contribution in [2.45, 2.75) is 32.9 Å². The van der Waals surface area contributed by atoms with Crippen molar-refractivity contribution < 1.29 is 9.90 Å². The highest BCUT2D eigenvalue weighted by molar-refractivity contribution is 5.89. The molecule has 0 aromatic heterocycles. The average Bonchev–Trinajstić information content (AvgIpc) is 2.38. The lowest BCUT2D eigenvalue weighted by atomic mass is 10.0. The summed E-state index contributed by atoms with van der Waals surface area (Å²) in [6.45, 7) is 8.14. The molecule has 1 saturated heterocycles. The molecule has 20 heavy (non-hydrogen) atoms. The van der Waals surface area contributed by atoms with Crippen molar-refractivity contribution in [2.24, 2.45) is 5.92 Å². The van der Waals surface area contributed by atoms with Crippen LogP contribution in [0.1, 0.15) is 36.2 Å². The van der Waals surface area contributed by atoms with Gasteiger partial charge in [-0.2, -0.15) is 0 Å². The van der Waals surface area contributed by atoms with Crippen molar-refractivity contribution in [1.82, 2.24) is 10.2 Å². The summed E-state index contributed by atoms with van der Waals surface area (Å²) in [5, 5.41) is 12.8. The summed E-state index contributed by atoms with van der Waals surface area (Å²) in [6, 6.07) is 7.82. The van der Waals surface area contributed by atoms with Gasteiger partial charge in [-0.1, -0.05) is 32.0 Å². The Kier molecular flexibility index (Phi) is 5.15. The Balaban J connectivity index is 2.01. The Morgan fingerprint density at radius 3 is 2.90 bits per heavy atom. The Morgan fingerprint density at radius 1 is 1.45 bits per heavy atom. The molecule has 0 unspecified atom stereocenters. The van der Waals surface area contributed by atoms with Crippen molar-refractivity contribution in [3.8, 4) is 0 Å². The molecule has 1 aromatic rings. The van der Waals surface area contributed by atoms with E-state index in [9.17, 15) is 9.90 Å². The zero-order valence-corrected chi connectivity index (χ0v) is 12.3. The monoisotopic (exact) mass is 276 g/mol. The molecule has 1 aliphatic heterocycles. The van der Waals surface area contributed by atoms with Gasteiger partial charge in [-0.05, 0) is 24.0 Å². The van der Waals surface area contributed by atoms with Gasteiger partial charge in [0.25, 0.3) is 0 Å². The van der Waals surface area contributed by atoms with E-state index >= 15 is 0 Å². The fraction of sp³-hybridized carbons (Fsp3) is 0.562. The fourth-order valence-electron chi connectivity index (χ4n) is 2.87. The topological polar surface area (TPSA) is 52.6 Å². The first-order chi connectivity index (χ1) is 9.56. The Bertz CT molecular complexity index is 460. The molecule has 2 N–H and O–H groups in total. The second-order valence-corrected chi connectivity index (χ2v) is 5.98. The van der Waals surface area contributed by atoms with Gasteiger partial charge in [0.05, 0.1) is 5.56 Å². The lowest BCUT2D eigenvalue weighted by molar-refractivity contribution is 0.0694. The summed E-state index contributed by atoms with van der Waals surface area (Å²) >= 11 is 0.